The monoisotopic (exact) mass is 356 g/mol. The highest BCUT2D eigenvalue weighted by atomic mass is 79.9. The molecule has 116 valence electrons. The average Bonchev–Trinajstić information content (AvgIpc) is 2.50. The molecule has 0 aliphatic carbocycles. The van der Waals surface area contributed by atoms with Crippen LogP contribution in [-0.2, 0) is 11.3 Å². The van der Waals surface area contributed by atoms with Crippen LogP contribution in [0.1, 0.15) is 12.5 Å². The molecule has 21 heavy (non-hydrogen) atoms. The zero-order valence-corrected chi connectivity index (χ0v) is 14.1. The second-order valence-electron chi connectivity index (χ2n) is 4.92. The van der Waals surface area contributed by atoms with Crippen molar-refractivity contribution in [1.82, 2.24) is 9.80 Å². The number of nitrogens with zero attached hydrogens (tertiary/aromatic N) is 2. The van der Waals surface area contributed by atoms with Crippen LogP contribution in [-0.4, -0.2) is 55.8 Å². The number of piperazine rings is 1. The standard InChI is InChI=1S/C15H21BrN2O3/c1-3-21-15(19)18-8-6-17(7-9-18)11-12-10-13(20-2)4-5-14(12)16/h4-5,10H,3,6-9,11H2,1-2H3. The van der Waals surface area contributed by atoms with Crippen LogP contribution in [0.4, 0.5) is 4.79 Å². The molecule has 0 aromatic heterocycles. The van der Waals surface area contributed by atoms with Crippen LogP contribution >= 0.6 is 15.9 Å². The molecule has 0 saturated carbocycles. The number of carbonyl (C=O) groups excluding carboxylic acids is 1. The third kappa shape index (κ3) is 4.35. The maximum atomic E-state index is 11.7. The van der Waals surface area contributed by atoms with Crippen molar-refractivity contribution < 1.29 is 14.3 Å². The van der Waals surface area contributed by atoms with Gasteiger partial charge in [0.15, 0.2) is 0 Å². The summed E-state index contributed by atoms with van der Waals surface area (Å²) in [5.74, 6) is 0.860. The molecule has 1 aliphatic rings. The quantitative estimate of drug-likeness (QED) is 0.831. The number of amides is 1. The predicted molar refractivity (Wildman–Crippen MR) is 84.6 cm³/mol. The average molecular weight is 357 g/mol. The van der Waals surface area contributed by atoms with Gasteiger partial charge in [0.25, 0.3) is 0 Å². The minimum atomic E-state index is -0.209. The number of benzene rings is 1. The molecule has 1 heterocycles. The lowest BCUT2D eigenvalue weighted by Crippen LogP contribution is -2.48. The summed E-state index contributed by atoms with van der Waals surface area (Å²) in [4.78, 5) is 15.8. The first-order valence-electron chi connectivity index (χ1n) is 7.10. The molecule has 6 heteroatoms. The van der Waals surface area contributed by atoms with Gasteiger partial charge in [-0.2, -0.15) is 0 Å². The highest BCUT2D eigenvalue weighted by Gasteiger charge is 2.22. The van der Waals surface area contributed by atoms with E-state index in [1.807, 2.05) is 25.1 Å². The fourth-order valence-electron chi connectivity index (χ4n) is 2.34. The van der Waals surface area contributed by atoms with E-state index in [0.717, 1.165) is 29.9 Å². The summed E-state index contributed by atoms with van der Waals surface area (Å²) < 4.78 is 11.4. The fourth-order valence-corrected chi connectivity index (χ4v) is 2.72. The predicted octanol–water partition coefficient (Wildman–Crippen LogP) is 2.73. The Morgan fingerprint density at radius 2 is 2.00 bits per heavy atom. The summed E-state index contributed by atoms with van der Waals surface area (Å²) in [6.45, 7) is 6.21. The first-order chi connectivity index (χ1) is 10.1. The van der Waals surface area contributed by atoms with Crippen molar-refractivity contribution in [2.75, 3.05) is 39.9 Å². The van der Waals surface area contributed by atoms with Crippen molar-refractivity contribution in [3.8, 4) is 5.75 Å². The van der Waals surface area contributed by atoms with Gasteiger partial charge in [-0.1, -0.05) is 15.9 Å². The van der Waals surface area contributed by atoms with Crippen molar-refractivity contribution in [2.24, 2.45) is 0 Å². The normalized spacial score (nSPS) is 15.9. The van der Waals surface area contributed by atoms with Crippen molar-refractivity contribution in [3.05, 3.63) is 28.2 Å². The van der Waals surface area contributed by atoms with Crippen LogP contribution in [0.2, 0.25) is 0 Å². The van der Waals surface area contributed by atoms with Gasteiger partial charge in [0.2, 0.25) is 0 Å². The van der Waals surface area contributed by atoms with Gasteiger partial charge >= 0.3 is 6.09 Å². The zero-order chi connectivity index (χ0) is 15.2. The fraction of sp³-hybridized carbons (Fsp3) is 0.533. The van der Waals surface area contributed by atoms with E-state index in [9.17, 15) is 4.79 Å². The zero-order valence-electron chi connectivity index (χ0n) is 12.5. The molecule has 0 radical (unpaired) electrons. The van der Waals surface area contributed by atoms with Gasteiger partial charge in [-0.25, -0.2) is 4.79 Å². The summed E-state index contributed by atoms with van der Waals surface area (Å²) in [7, 11) is 1.67. The maximum absolute atomic E-state index is 11.7. The van der Waals surface area contributed by atoms with Gasteiger partial charge in [0, 0.05) is 37.2 Å². The van der Waals surface area contributed by atoms with E-state index in [0.29, 0.717) is 19.7 Å². The topological polar surface area (TPSA) is 42.0 Å². The SMILES string of the molecule is CCOC(=O)N1CCN(Cc2cc(OC)ccc2Br)CC1. The van der Waals surface area contributed by atoms with Crippen LogP contribution in [0, 0.1) is 0 Å². The summed E-state index contributed by atoms with van der Waals surface area (Å²) >= 11 is 3.58. The Kier molecular flexibility index (Phi) is 5.87. The molecule has 1 amide bonds. The van der Waals surface area contributed by atoms with E-state index < -0.39 is 0 Å². The van der Waals surface area contributed by atoms with Crippen molar-refractivity contribution in [3.63, 3.8) is 0 Å². The Hall–Kier alpha value is -1.27. The van der Waals surface area contributed by atoms with Crippen LogP contribution in [0.5, 0.6) is 5.75 Å². The summed E-state index contributed by atoms with van der Waals surface area (Å²) in [6.07, 6.45) is -0.209. The van der Waals surface area contributed by atoms with Gasteiger partial charge in [0.1, 0.15) is 5.75 Å². The Bertz CT molecular complexity index is 488. The van der Waals surface area contributed by atoms with Gasteiger partial charge < -0.3 is 14.4 Å². The Morgan fingerprint density at radius 3 is 2.62 bits per heavy atom. The molecule has 1 aromatic carbocycles. The summed E-state index contributed by atoms with van der Waals surface area (Å²) in [6, 6.07) is 5.98. The van der Waals surface area contributed by atoms with Gasteiger partial charge in [-0.05, 0) is 30.7 Å². The van der Waals surface area contributed by atoms with Crippen LogP contribution in [0.15, 0.2) is 22.7 Å². The molecule has 0 N–H and O–H groups in total. The van der Waals surface area contributed by atoms with Gasteiger partial charge in [-0.15, -0.1) is 0 Å². The Morgan fingerprint density at radius 1 is 1.29 bits per heavy atom. The van der Waals surface area contributed by atoms with E-state index in [1.165, 1.54) is 5.56 Å². The van der Waals surface area contributed by atoms with Gasteiger partial charge in [0.05, 0.1) is 13.7 Å². The molecule has 1 fully saturated rings. The molecule has 0 unspecified atom stereocenters. The van der Waals surface area contributed by atoms with Crippen molar-refractivity contribution >= 4 is 22.0 Å². The van der Waals surface area contributed by atoms with E-state index in [-0.39, 0.29) is 6.09 Å². The van der Waals surface area contributed by atoms with Crippen LogP contribution in [0.25, 0.3) is 0 Å². The molecule has 0 bridgehead atoms. The van der Waals surface area contributed by atoms with Crippen LogP contribution in [0.3, 0.4) is 0 Å². The molecule has 1 aliphatic heterocycles. The highest BCUT2D eigenvalue weighted by molar-refractivity contribution is 9.10. The summed E-state index contributed by atoms with van der Waals surface area (Å²) in [5.41, 5.74) is 1.19. The molecule has 1 saturated heterocycles. The number of hydrogen-bond donors (Lipinski definition) is 0. The largest absolute Gasteiger partial charge is 0.497 e. The molecule has 1 aromatic rings. The van der Waals surface area contributed by atoms with Crippen molar-refractivity contribution in [2.45, 2.75) is 13.5 Å². The molecular weight excluding hydrogens is 336 g/mol. The molecular formula is C15H21BrN2O3. The molecule has 2 rings (SSSR count). The van der Waals surface area contributed by atoms with E-state index >= 15 is 0 Å². The lowest BCUT2D eigenvalue weighted by atomic mass is 10.2. The minimum Gasteiger partial charge on any atom is -0.497 e. The number of carbonyl (C=O) groups is 1. The smallest absolute Gasteiger partial charge is 0.409 e. The lowest BCUT2D eigenvalue weighted by Gasteiger charge is -2.34. The van der Waals surface area contributed by atoms with Crippen molar-refractivity contribution in [1.29, 1.82) is 0 Å². The molecule has 0 spiro atoms. The summed E-state index contributed by atoms with van der Waals surface area (Å²) in [5, 5.41) is 0. The first kappa shape index (κ1) is 16.1. The third-order valence-electron chi connectivity index (χ3n) is 3.55. The third-order valence-corrected chi connectivity index (χ3v) is 4.32. The number of rotatable bonds is 4. The second kappa shape index (κ2) is 7.66. The van der Waals surface area contributed by atoms with E-state index in [1.54, 1.807) is 12.0 Å². The second-order valence-corrected chi connectivity index (χ2v) is 5.77. The minimum absolute atomic E-state index is 0.209. The number of hydrogen-bond acceptors (Lipinski definition) is 4. The van der Waals surface area contributed by atoms with Gasteiger partial charge in [-0.3, -0.25) is 4.90 Å². The Balaban J connectivity index is 1.90. The molecule has 0 atom stereocenters. The highest BCUT2D eigenvalue weighted by Crippen LogP contribution is 2.24. The van der Waals surface area contributed by atoms with Crippen LogP contribution < -0.4 is 4.74 Å². The number of methoxy groups -OCH3 is 1. The maximum Gasteiger partial charge on any atom is 0.409 e. The first-order valence-corrected chi connectivity index (χ1v) is 7.89. The number of halogens is 1. The molecule has 5 nitrogen and oxygen atoms in total. The Labute approximate surface area is 133 Å². The lowest BCUT2D eigenvalue weighted by molar-refractivity contribution is 0.0778. The van der Waals surface area contributed by atoms with E-state index in [4.69, 9.17) is 9.47 Å². The van der Waals surface area contributed by atoms with E-state index in [2.05, 4.69) is 20.8 Å². The number of ether oxygens (including phenoxy) is 2.